The molecule has 0 amide bonds. The second-order valence-electron chi connectivity index (χ2n) is 5.50. The molecule has 2 aliphatic rings. The van der Waals surface area contributed by atoms with E-state index in [2.05, 4.69) is 24.0 Å². The average Bonchev–Trinajstić information content (AvgIpc) is 3.13. The zero-order valence-corrected chi connectivity index (χ0v) is 11.1. The minimum absolute atomic E-state index is 0.312. The van der Waals surface area contributed by atoms with Crippen LogP contribution in [0.15, 0.2) is 18.3 Å². The van der Waals surface area contributed by atoms with Crippen LogP contribution in [0.2, 0.25) is 0 Å². The highest BCUT2D eigenvalue weighted by atomic mass is 16.5. The lowest BCUT2D eigenvalue weighted by Gasteiger charge is -2.34. The van der Waals surface area contributed by atoms with Crippen LogP contribution in [0.1, 0.15) is 44.2 Å². The van der Waals surface area contributed by atoms with Crippen LogP contribution in [-0.4, -0.2) is 24.3 Å². The summed E-state index contributed by atoms with van der Waals surface area (Å²) < 4.78 is 11.1. The number of nitrogens with zero attached hydrogens (tertiary/aromatic N) is 1. The van der Waals surface area contributed by atoms with Crippen molar-refractivity contribution >= 4 is 0 Å². The predicted octanol–water partition coefficient (Wildman–Crippen LogP) is 3.15. The van der Waals surface area contributed by atoms with Gasteiger partial charge in [0.05, 0.1) is 12.3 Å². The number of pyridine rings is 1. The Morgan fingerprint density at radius 1 is 1.22 bits per heavy atom. The number of rotatable bonds is 5. The second kappa shape index (κ2) is 4.88. The molecule has 2 unspecified atom stereocenters. The molecule has 1 heterocycles. The predicted molar refractivity (Wildman–Crippen MR) is 69.8 cm³/mol. The summed E-state index contributed by atoms with van der Waals surface area (Å²) in [7, 11) is 1.76. The van der Waals surface area contributed by atoms with Crippen LogP contribution in [0.3, 0.4) is 0 Å². The molecule has 2 aliphatic carbocycles. The number of hydrogen-bond acceptors (Lipinski definition) is 3. The smallest absolute Gasteiger partial charge is 0.138 e. The Bertz CT molecular complexity index is 397. The van der Waals surface area contributed by atoms with Gasteiger partial charge in [0, 0.05) is 31.6 Å². The Morgan fingerprint density at radius 3 is 2.61 bits per heavy atom. The topological polar surface area (TPSA) is 31.4 Å². The molecule has 2 fully saturated rings. The molecule has 0 aliphatic heterocycles. The molecule has 0 saturated heterocycles. The van der Waals surface area contributed by atoms with Crippen LogP contribution < -0.4 is 4.74 Å². The van der Waals surface area contributed by atoms with Crippen LogP contribution in [-0.2, 0) is 4.74 Å². The summed E-state index contributed by atoms with van der Waals surface area (Å²) in [6.07, 6.45) is 7.15. The van der Waals surface area contributed by atoms with Gasteiger partial charge in [-0.1, -0.05) is 13.3 Å². The quantitative estimate of drug-likeness (QED) is 0.801. The van der Waals surface area contributed by atoms with Gasteiger partial charge < -0.3 is 9.47 Å². The third-order valence-electron chi connectivity index (χ3n) is 4.27. The van der Waals surface area contributed by atoms with E-state index in [9.17, 15) is 0 Å². The molecule has 0 spiro atoms. The minimum Gasteiger partial charge on any atom is -0.489 e. The van der Waals surface area contributed by atoms with Gasteiger partial charge in [0.25, 0.3) is 0 Å². The Morgan fingerprint density at radius 2 is 2.06 bits per heavy atom. The molecule has 3 heteroatoms. The first kappa shape index (κ1) is 12.0. The van der Waals surface area contributed by atoms with E-state index in [1.165, 1.54) is 18.5 Å². The maximum Gasteiger partial charge on any atom is 0.138 e. The third-order valence-corrected chi connectivity index (χ3v) is 4.27. The van der Waals surface area contributed by atoms with Gasteiger partial charge in [0.1, 0.15) is 11.9 Å². The van der Waals surface area contributed by atoms with E-state index in [4.69, 9.17) is 9.47 Å². The van der Waals surface area contributed by atoms with Crippen LogP contribution in [0.5, 0.6) is 5.75 Å². The van der Waals surface area contributed by atoms with Crippen molar-refractivity contribution in [2.24, 2.45) is 5.92 Å². The Kier molecular flexibility index (Phi) is 3.25. The lowest BCUT2D eigenvalue weighted by Crippen LogP contribution is -2.38. The first-order valence-corrected chi connectivity index (χ1v) is 6.95. The largest absolute Gasteiger partial charge is 0.489 e. The van der Waals surface area contributed by atoms with E-state index >= 15 is 0 Å². The highest BCUT2D eigenvalue weighted by molar-refractivity contribution is 5.25. The average molecular weight is 247 g/mol. The fourth-order valence-corrected chi connectivity index (χ4v) is 2.74. The Labute approximate surface area is 109 Å². The van der Waals surface area contributed by atoms with E-state index in [-0.39, 0.29) is 0 Å². The van der Waals surface area contributed by atoms with Crippen molar-refractivity contribution in [1.82, 2.24) is 4.98 Å². The summed E-state index contributed by atoms with van der Waals surface area (Å²) in [5, 5.41) is 0. The van der Waals surface area contributed by atoms with Gasteiger partial charge in [-0.2, -0.15) is 0 Å². The standard InChI is InChI=1S/C15H21NO2/c1-3-10-6-14(10)15-5-4-11(9-16-15)18-13-7-12(8-13)17-2/h4-5,9-10,12-14H,3,6-8H2,1-2H3. The van der Waals surface area contributed by atoms with Gasteiger partial charge in [-0.3, -0.25) is 4.98 Å². The zero-order chi connectivity index (χ0) is 12.5. The van der Waals surface area contributed by atoms with E-state index < -0.39 is 0 Å². The first-order valence-electron chi connectivity index (χ1n) is 6.95. The summed E-state index contributed by atoms with van der Waals surface area (Å²) in [4.78, 5) is 4.53. The highest BCUT2D eigenvalue weighted by Crippen LogP contribution is 2.48. The van der Waals surface area contributed by atoms with Crippen molar-refractivity contribution < 1.29 is 9.47 Å². The van der Waals surface area contributed by atoms with Crippen molar-refractivity contribution in [2.75, 3.05) is 7.11 Å². The van der Waals surface area contributed by atoms with Gasteiger partial charge in [0.2, 0.25) is 0 Å². The summed E-state index contributed by atoms with van der Waals surface area (Å²) >= 11 is 0. The van der Waals surface area contributed by atoms with Gasteiger partial charge >= 0.3 is 0 Å². The van der Waals surface area contributed by atoms with E-state index in [0.717, 1.165) is 24.5 Å². The van der Waals surface area contributed by atoms with Crippen LogP contribution in [0.25, 0.3) is 0 Å². The lowest BCUT2D eigenvalue weighted by atomic mass is 9.92. The SMILES string of the molecule is CCC1CC1c1ccc(OC2CC(OC)C2)cn1. The van der Waals surface area contributed by atoms with Crippen LogP contribution >= 0.6 is 0 Å². The highest BCUT2D eigenvalue weighted by Gasteiger charge is 2.37. The molecule has 98 valence electrons. The number of methoxy groups -OCH3 is 1. The lowest BCUT2D eigenvalue weighted by molar-refractivity contribution is -0.0382. The van der Waals surface area contributed by atoms with Crippen LogP contribution in [0, 0.1) is 5.92 Å². The maximum atomic E-state index is 5.85. The van der Waals surface area contributed by atoms with E-state index in [1.807, 2.05) is 6.20 Å². The molecule has 0 radical (unpaired) electrons. The fourth-order valence-electron chi connectivity index (χ4n) is 2.74. The van der Waals surface area contributed by atoms with Gasteiger partial charge in [0.15, 0.2) is 0 Å². The Hall–Kier alpha value is -1.09. The van der Waals surface area contributed by atoms with Crippen molar-refractivity contribution in [3.8, 4) is 5.75 Å². The maximum absolute atomic E-state index is 5.85. The fraction of sp³-hybridized carbons (Fsp3) is 0.667. The number of ether oxygens (including phenoxy) is 2. The van der Waals surface area contributed by atoms with E-state index in [1.54, 1.807) is 7.11 Å². The molecular weight excluding hydrogens is 226 g/mol. The molecule has 2 atom stereocenters. The van der Waals surface area contributed by atoms with Gasteiger partial charge in [-0.25, -0.2) is 0 Å². The second-order valence-corrected chi connectivity index (χ2v) is 5.50. The van der Waals surface area contributed by atoms with E-state index in [0.29, 0.717) is 18.1 Å². The zero-order valence-electron chi connectivity index (χ0n) is 11.1. The molecule has 0 bridgehead atoms. The van der Waals surface area contributed by atoms with Crippen molar-refractivity contribution in [3.05, 3.63) is 24.0 Å². The minimum atomic E-state index is 0.312. The molecule has 3 rings (SSSR count). The molecule has 2 saturated carbocycles. The third kappa shape index (κ3) is 2.37. The summed E-state index contributed by atoms with van der Waals surface area (Å²) in [5.74, 6) is 2.45. The molecule has 0 N–H and O–H groups in total. The van der Waals surface area contributed by atoms with Crippen LogP contribution in [0.4, 0.5) is 0 Å². The molecule has 0 aromatic carbocycles. The molecular formula is C15H21NO2. The number of aromatic nitrogens is 1. The molecule has 18 heavy (non-hydrogen) atoms. The molecule has 1 aromatic heterocycles. The van der Waals surface area contributed by atoms with Crippen molar-refractivity contribution in [2.45, 2.75) is 50.7 Å². The first-order chi connectivity index (χ1) is 8.80. The van der Waals surface area contributed by atoms with Crippen molar-refractivity contribution in [3.63, 3.8) is 0 Å². The summed E-state index contributed by atoms with van der Waals surface area (Å²) in [5.41, 5.74) is 1.23. The Balaban J connectivity index is 1.52. The van der Waals surface area contributed by atoms with Gasteiger partial charge in [-0.15, -0.1) is 0 Å². The number of hydrogen-bond donors (Lipinski definition) is 0. The van der Waals surface area contributed by atoms with Crippen molar-refractivity contribution in [1.29, 1.82) is 0 Å². The normalized spacial score (nSPS) is 33.9. The summed E-state index contributed by atoms with van der Waals surface area (Å²) in [6.45, 7) is 2.25. The monoisotopic (exact) mass is 247 g/mol. The van der Waals surface area contributed by atoms with Gasteiger partial charge in [-0.05, 0) is 24.5 Å². The molecule has 1 aromatic rings. The molecule has 3 nitrogen and oxygen atoms in total. The summed E-state index contributed by atoms with van der Waals surface area (Å²) in [6, 6.07) is 4.19.